The highest BCUT2D eigenvalue weighted by Crippen LogP contribution is 2.28. The fourth-order valence-electron chi connectivity index (χ4n) is 3.73. The van der Waals surface area contributed by atoms with Gasteiger partial charge in [-0.1, -0.05) is 19.9 Å². The Bertz CT molecular complexity index is 717. The second-order valence-corrected chi connectivity index (χ2v) is 8.61. The zero-order valence-electron chi connectivity index (χ0n) is 16.6. The van der Waals surface area contributed by atoms with Crippen molar-refractivity contribution in [2.75, 3.05) is 0 Å². The van der Waals surface area contributed by atoms with E-state index < -0.39 is 0 Å². The number of rotatable bonds is 5. The van der Waals surface area contributed by atoms with Crippen molar-refractivity contribution in [2.45, 2.75) is 59.2 Å². The summed E-state index contributed by atoms with van der Waals surface area (Å²) in [7, 11) is 1.98. The number of hydrogen-bond donors (Lipinski definition) is 2. The molecule has 150 valence electrons. The van der Waals surface area contributed by atoms with Gasteiger partial charge in [-0.05, 0) is 49.5 Å². The predicted octanol–water partition coefficient (Wildman–Crippen LogP) is 3.86. The third-order valence-corrected chi connectivity index (χ3v) is 5.97. The summed E-state index contributed by atoms with van der Waals surface area (Å²) in [5, 5.41) is 17.6. The van der Waals surface area contributed by atoms with Gasteiger partial charge < -0.3 is 15.2 Å². The molecule has 1 aliphatic carbocycles. The molecular formula is C19H31IN6S. The van der Waals surface area contributed by atoms with Crippen molar-refractivity contribution in [1.82, 2.24) is 25.4 Å². The molecule has 2 aromatic rings. The molecule has 0 amide bonds. The minimum Gasteiger partial charge on any atom is -0.354 e. The normalized spacial score (nSPS) is 23.0. The summed E-state index contributed by atoms with van der Waals surface area (Å²) in [6.07, 6.45) is 3.73. The summed E-state index contributed by atoms with van der Waals surface area (Å²) < 4.78 is 1.99. The summed E-state index contributed by atoms with van der Waals surface area (Å²) in [5.41, 5.74) is 0. The molecule has 6 nitrogen and oxygen atoms in total. The maximum atomic E-state index is 4.79. The zero-order chi connectivity index (χ0) is 18.5. The molecule has 0 aliphatic heterocycles. The molecule has 1 saturated carbocycles. The fraction of sp³-hybridized carbons (Fsp3) is 0.632. The molecule has 0 saturated heterocycles. The minimum atomic E-state index is 0. The number of nitrogens with zero attached hydrogens (tertiary/aromatic N) is 4. The van der Waals surface area contributed by atoms with E-state index in [1.807, 2.05) is 18.5 Å². The molecular weight excluding hydrogens is 471 g/mol. The number of nitrogens with one attached hydrogen (secondary N) is 2. The number of thiophene rings is 1. The second kappa shape index (κ2) is 10.4. The lowest BCUT2D eigenvalue weighted by Crippen LogP contribution is -2.46. The van der Waals surface area contributed by atoms with Crippen LogP contribution in [0.4, 0.5) is 0 Å². The average Bonchev–Trinajstić information content (AvgIpc) is 3.21. The SMILES string of the molecule is Cc1nnc(CN=C(NCc2cccs2)NC2CC(C)CC(C)C2)n1C.I. The second-order valence-electron chi connectivity index (χ2n) is 7.58. The highest BCUT2D eigenvalue weighted by molar-refractivity contribution is 14.0. The van der Waals surface area contributed by atoms with E-state index in [1.54, 1.807) is 11.3 Å². The molecule has 1 fully saturated rings. The molecule has 0 spiro atoms. The largest absolute Gasteiger partial charge is 0.354 e. The monoisotopic (exact) mass is 502 g/mol. The van der Waals surface area contributed by atoms with Crippen LogP contribution in [0.3, 0.4) is 0 Å². The van der Waals surface area contributed by atoms with Crippen molar-refractivity contribution < 1.29 is 0 Å². The van der Waals surface area contributed by atoms with Gasteiger partial charge in [0.2, 0.25) is 0 Å². The highest BCUT2D eigenvalue weighted by atomic mass is 127. The summed E-state index contributed by atoms with van der Waals surface area (Å²) in [4.78, 5) is 6.09. The Balaban J connectivity index is 0.00000261. The number of aromatic nitrogens is 3. The molecule has 2 N–H and O–H groups in total. The molecule has 0 radical (unpaired) electrons. The Labute approximate surface area is 183 Å². The van der Waals surface area contributed by atoms with Crippen molar-refractivity contribution in [3.8, 4) is 0 Å². The van der Waals surface area contributed by atoms with Crippen LogP contribution in [0.2, 0.25) is 0 Å². The number of guanidine groups is 1. The van der Waals surface area contributed by atoms with E-state index in [2.05, 4.69) is 52.2 Å². The first-order valence-electron chi connectivity index (χ1n) is 9.43. The molecule has 2 atom stereocenters. The van der Waals surface area contributed by atoms with Crippen molar-refractivity contribution in [3.05, 3.63) is 34.0 Å². The summed E-state index contributed by atoms with van der Waals surface area (Å²) in [6.45, 7) is 7.97. The lowest BCUT2D eigenvalue weighted by atomic mass is 9.80. The molecule has 0 bridgehead atoms. The molecule has 2 aromatic heterocycles. The van der Waals surface area contributed by atoms with Crippen LogP contribution >= 0.6 is 35.3 Å². The minimum absolute atomic E-state index is 0. The number of halogens is 1. The lowest BCUT2D eigenvalue weighted by Gasteiger charge is -2.33. The van der Waals surface area contributed by atoms with E-state index in [0.717, 1.165) is 36.0 Å². The van der Waals surface area contributed by atoms with Gasteiger partial charge in [0, 0.05) is 18.0 Å². The summed E-state index contributed by atoms with van der Waals surface area (Å²) >= 11 is 1.76. The molecule has 0 aromatic carbocycles. The first-order chi connectivity index (χ1) is 12.5. The molecule has 2 heterocycles. The third-order valence-electron chi connectivity index (χ3n) is 5.09. The van der Waals surface area contributed by atoms with Gasteiger partial charge in [-0.15, -0.1) is 45.5 Å². The fourth-order valence-corrected chi connectivity index (χ4v) is 4.38. The van der Waals surface area contributed by atoms with Crippen molar-refractivity contribution >= 4 is 41.3 Å². The quantitative estimate of drug-likeness (QED) is 0.370. The summed E-state index contributed by atoms with van der Waals surface area (Å²) in [5.74, 6) is 4.18. The average molecular weight is 502 g/mol. The van der Waals surface area contributed by atoms with Gasteiger partial charge in [0.15, 0.2) is 11.8 Å². The van der Waals surface area contributed by atoms with Crippen LogP contribution in [0.25, 0.3) is 0 Å². The van der Waals surface area contributed by atoms with Crippen molar-refractivity contribution in [3.63, 3.8) is 0 Å². The predicted molar refractivity (Wildman–Crippen MR) is 123 cm³/mol. The van der Waals surface area contributed by atoms with Crippen LogP contribution < -0.4 is 10.6 Å². The number of hydrogen-bond acceptors (Lipinski definition) is 4. The van der Waals surface area contributed by atoms with Crippen LogP contribution in [0.15, 0.2) is 22.5 Å². The van der Waals surface area contributed by atoms with Crippen LogP contribution in [0.1, 0.15) is 49.6 Å². The third kappa shape index (κ3) is 6.44. The van der Waals surface area contributed by atoms with E-state index in [4.69, 9.17) is 4.99 Å². The van der Waals surface area contributed by atoms with Gasteiger partial charge in [-0.3, -0.25) is 0 Å². The molecule has 2 unspecified atom stereocenters. The van der Waals surface area contributed by atoms with E-state index >= 15 is 0 Å². The maximum absolute atomic E-state index is 4.79. The molecule has 1 aliphatic rings. The van der Waals surface area contributed by atoms with Crippen molar-refractivity contribution in [2.24, 2.45) is 23.9 Å². The highest BCUT2D eigenvalue weighted by Gasteiger charge is 2.24. The van der Waals surface area contributed by atoms with Crippen LogP contribution in [0, 0.1) is 18.8 Å². The number of aryl methyl sites for hydroxylation is 1. The van der Waals surface area contributed by atoms with Gasteiger partial charge in [0.05, 0.1) is 6.54 Å². The van der Waals surface area contributed by atoms with Crippen LogP contribution in [-0.4, -0.2) is 26.8 Å². The first-order valence-corrected chi connectivity index (χ1v) is 10.3. The Morgan fingerprint density at radius 1 is 1.26 bits per heavy atom. The van der Waals surface area contributed by atoms with Crippen molar-refractivity contribution in [1.29, 1.82) is 0 Å². The molecule has 8 heteroatoms. The van der Waals surface area contributed by atoms with Gasteiger partial charge in [-0.2, -0.15) is 0 Å². The number of aliphatic imine (C=N–C) groups is 1. The molecule has 3 rings (SSSR count). The smallest absolute Gasteiger partial charge is 0.192 e. The summed E-state index contributed by atoms with van der Waals surface area (Å²) in [6, 6.07) is 4.70. The van der Waals surface area contributed by atoms with Gasteiger partial charge >= 0.3 is 0 Å². The van der Waals surface area contributed by atoms with E-state index in [-0.39, 0.29) is 24.0 Å². The maximum Gasteiger partial charge on any atom is 0.192 e. The standard InChI is InChI=1S/C19H30N6S.HI/c1-13-8-14(2)10-16(9-13)22-19(20-11-17-6-5-7-26-17)21-12-18-24-23-15(3)25(18)4;/h5-7,13-14,16H,8-12H2,1-4H3,(H2,20,21,22);1H. The topological polar surface area (TPSA) is 67.1 Å². The Morgan fingerprint density at radius 2 is 2.00 bits per heavy atom. The molecule has 27 heavy (non-hydrogen) atoms. The van der Waals surface area contributed by atoms with Gasteiger partial charge in [0.25, 0.3) is 0 Å². The van der Waals surface area contributed by atoms with E-state index in [0.29, 0.717) is 12.6 Å². The van der Waals surface area contributed by atoms with Gasteiger partial charge in [0.1, 0.15) is 12.4 Å². The Morgan fingerprint density at radius 3 is 2.59 bits per heavy atom. The first kappa shape index (κ1) is 22.1. The van der Waals surface area contributed by atoms with Crippen LogP contribution in [0.5, 0.6) is 0 Å². The van der Waals surface area contributed by atoms with E-state index in [1.165, 1.54) is 24.1 Å². The van der Waals surface area contributed by atoms with Crippen LogP contribution in [-0.2, 0) is 20.1 Å². The Kier molecular flexibility index (Phi) is 8.53. The van der Waals surface area contributed by atoms with E-state index in [9.17, 15) is 0 Å². The lowest BCUT2D eigenvalue weighted by molar-refractivity contribution is 0.255. The Hall–Kier alpha value is -1.16. The van der Waals surface area contributed by atoms with Gasteiger partial charge in [-0.25, -0.2) is 4.99 Å². The zero-order valence-corrected chi connectivity index (χ0v) is 19.8.